The molecule has 0 heterocycles. The Labute approximate surface area is 111 Å². The smallest absolute Gasteiger partial charge is 0.00210 e. The summed E-state index contributed by atoms with van der Waals surface area (Å²) in [7, 11) is 0. The summed E-state index contributed by atoms with van der Waals surface area (Å²) in [5, 5.41) is 0. The van der Waals surface area contributed by atoms with E-state index in [0.717, 1.165) is 29.6 Å². The molecule has 1 spiro atoms. The summed E-state index contributed by atoms with van der Waals surface area (Å²) < 4.78 is 0. The Bertz CT molecular complexity index is 427. The predicted octanol–water partition coefficient (Wildman–Crippen LogP) is 4.75. The molecule has 0 aromatic rings. The molecule has 0 nitrogen and oxygen atoms in total. The summed E-state index contributed by atoms with van der Waals surface area (Å²) in [4.78, 5) is 0. The molecule has 0 amide bonds. The van der Waals surface area contributed by atoms with Gasteiger partial charge in [0.05, 0.1) is 0 Å². The second-order valence-corrected chi connectivity index (χ2v) is 7.06. The minimum absolute atomic E-state index is 0.483. The topological polar surface area (TPSA) is 0 Å². The van der Waals surface area contributed by atoms with Gasteiger partial charge in [-0.3, -0.25) is 0 Å². The zero-order valence-electron chi connectivity index (χ0n) is 11.4. The standard InChI is InChI=1S/C18H24/c1-13-5-3-11-18-12-4-8-14-6-2-7-15(17(14)18)9-10-16(13)18/h3-4,8-11,13-17H,2,5-7,12H2,1H3. The van der Waals surface area contributed by atoms with E-state index in [1.54, 1.807) is 0 Å². The maximum absolute atomic E-state index is 2.63. The molecule has 4 aliphatic carbocycles. The lowest BCUT2D eigenvalue weighted by atomic mass is 9.46. The quantitative estimate of drug-likeness (QED) is 0.536. The van der Waals surface area contributed by atoms with E-state index in [1.165, 1.54) is 32.1 Å². The molecule has 4 rings (SSSR count). The SMILES string of the molecule is CC1CC=CC23CC=CC4CCCC(C=CC12)C43. The average Bonchev–Trinajstić information content (AvgIpc) is 2.39. The zero-order chi connectivity index (χ0) is 12.2. The maximum atomic E-state index is 2.63. The van der Waals surface area contributed by atoms with E-state index in [-0.39, 0.29) is 0 Å². The molecule has 0 heteroatoms. The molecular formula is C18H24. The van der Waals surface area contributed by atoms with Crippen molar-refractivity contribution >= 4 is 0 Å². The fraction of sp³-hybridized carbons (Fsp3) is 0.667. The second kappa shape index (κ2) is 3.85. The molecule has 0 saturated heterocycles. The first kappa shape index (κ1) is 11.1. The van der Waals surface area contributed by atoms with Crippen LogP contribution in [-0.4, -0.2) is 0 Å². The van der Waals surface area contributed by atoms with E-state index in [4.69, 9.17) is 0 Å². The van der Waals surface area contributed by atoms with Gasteiger partial charge < -0.3 is 0 Å². The fourth-order valence-corrected chi connectivity index (χ4v) is 5.54. The van der Waals surface area contributed by atoms with Crippen molar-refractivity contribution in [1.29, 1.82) is 0 Å². The highest BCUT2D eigenvalue weighted by molar-refractivity contribution is 5.27. The van der Waals surface area contributed by atoms with Crippen LogP contribution in [0.2, 0.25) is 0 Å². The molecule has 0 aromatic carbocycles. The molecule has 4 aliphatic rings. The van der Waals surface area contributed by atoms with Crippen molar-refractivity contribution in [2.24, 2.45) is 35.0 Å². The molecule has 0 N–H and O–H groups in total. The van der Waals surface area contributed by atoms with Gasteiger partial charge >= 0.3 is 0 Å². The fourth-order valence-electron chi connectivity index (χ4n) is 5.54. The van der Waals surface area contributed by atoms with Crippen LogP contribution < -0.4 is 0 Å². The summed E-state index contributed by atoms with van der Waals surface area (Å²) in [6.45, 7) is 2.46. The van der Waals surface area contributed by atoms with Gasteiger partial charge in [0.2, 0.25) is 0 Å². The monoisotopic (exact) mass is 240 g/mol. The van der Waals surface area contributed by atoms with Gasteiger partial charge in [-0.1, -0.05) is 49.8 Å². The normalized spacial score (nSPS) is 52.8. The third-order valence-electron chi connectivity index (χ3n) is 6.21. The van der Waals surface area contributed by atoms with Crippen molar-refractivity contribution in [3.05, 3.63) is 36.5 Å². The van der Waals surface area contributed by atoms with Crippen molar-refractivity contribution in [3.63, 3.8) is 0 Å². The molecule has 18 heavy (non-hydrogen) atoms. The van der Waals surface area contributed by atoms with E-state index in [9.17, 15) is 0 Å². The largest absolute Gasteiger partial charge is 0.0876 e. The Balaban J connectivity index is 1.86. The first-order valence-corrected chi connectivity index (χ1v) is 7.84. The highest BCUT2D eigenvalue weighted by atomic mass is 14.6. The lowest BCUT2D eigenvalue weighted by Gasteiger charge is -2.57. The van der Waals surface area contributed by atoms with Crippen molar-refractivity contribution < 1.29 is 0 Å². The minimum atomic E-state index is 0.483. The molecule has 6 unspecified atom stereocenters. The third-order valence-corrected chi connectivity index (χ3v) is 6.21. The third kappa shape index (κ3) is 1.32. The van der Waals surface area contributed by atoms with Crippen LogP contribution in [0.15, 0.2) is 36.5 Å². The summed E-state index contributed by atoms with van der Waals surface area (Å²) in [6, 6.07) is 0. The van der Waals surface area contributed by atoms with E-state index in [0.29, 0.717) is 5.41 Å². The van der Waals surface area contributed by atoms with E-state index in [1.807, 2.05) is 0 Å². The lowest BCUT2D eigenvalue weighted by Crippen LogP contribution is -2.50. The second-order valence-electron chi connectivity index (χ2n) is 7.06. The highest BCUT2D eigenvalue weighted by Gasteiger charge is 2.53. The zero-order valence-corrected chi connectivity index (χ0v) is 11.4. The first-order chi connectivity index (χ1) is 8.81. The number of hydrogen-bond donors (Lipinski definition) is 0. The van der Waals surface area contributed by atoms with Crippen LogP contribution in [0.5, 0.6) is 0 Å². The molecule has 0 aromatic heterocycles. The Morgan fingerprint density at radius 3 is 2.72 bits per heavy atom. The summed E-state index contributed by atoms with van der Waals surface area (Å²) in [5.41, 5.74) is 0.483. The van der Waals surface area contributed by atoms with E-state index >= 15 is 0 Å². The Morgan fingerprint density at radius 1 is 1.00 bits per heavy atom. The number of allylic oxidation sites excluding steroid dienone is 6. The van der Waals surface area contributed by atoms with E-state index in [2.05, 4.69) is 43.4 Å². The molecule has 0 bridgehead atoms. The Kier molecular flexibility index (Phi) is 2.37. The summed E-state index contributed by atoms with van der Waals surface area (Å²) in [5.74, 6) is 4.26. The summed E-state index contributed by atoms with van der Waals surface area (Å²) in [6.07, 6.45) is 22.2. The van der Waals surface area contributed by atoms with Crippen LogP contribution >= 0.6 is 0 Å². The average molecular weight is 240 g/mol. The van der Waals surface area contributed by atoms with Crippen molar-refractivity contribution in [1.82, 2.24) is 0 Å². The van der Waals surface area contributed by atoms with Gasteiger partial charge in [-0.05, 0) is 55.3 Å². The van der Waals surface area contributed by atoms with Crippen LogP contribution in [0, 0.1) is 35.0 Å². The Morgan fingerprint density at radius 2 is 1.83 bits per heavy atom. The number of rotatable bonds is 0. The minimum Gasteiger partial charge on any atom is -0.0876 e. The molecule has 1 fully saturated rings. The van der Waals surface area contributed by atoms with Gasteiger partial charge in [0.25, 0.3) is 0 Å². The molecule has 6 atom stereocenters. The van der Waals surface area contributed by atoms with Gasteiger partial charge in [0, 0.05) is 5.41 Å². The van der Waals surface area contributed by atoms with Crippen LogP contribution in [-0.2, 0) is 0 Å². The van der Waals surface area contributed by atoms with Crippen LogP contribution in [0.3, 0.4) is 0 Å². The van der Waals surface area contributed by atoms with Crippen molar-refractivity contribution in [3.8, 4) is 0 Å². The van der Waals surface area contributed by atoms with Crippen LogP contribution in [0.1, 0.15) is 39.0 Å². The molecule has 1 saturated carbocycles. The van der Waals surface area contributed by atoms with Gasteiger partial charge in [-0.2, -0.15) is 0 Å². The highest BCUT2D eigenvalue weighted by Crippen LogP contribution is 2.61. The molecule has 96 valence electrons. The summed E-state index contributed by atoms with van der Waals surface area (Å²) >= 11 is 0. The maximum Gasteiger partial charge on any atom is 0.00210 e. The van der Waals surface area contributed by atoms with Crippen molar-refractivity contribution in [2.75, 3.05) is 0 Å². The molecule has 0 aliphatic heterocycles. The van der Waals surface area contributed by atoms with Crippen LogP contribution in [0.25, 0.3) is 0 Å². The lowest BCUT2D eigenvalue weighted by molar-refractivity contribution is 0.0101. The van der Waals surface area contributed by atoms with Crippen LogP contribution in [0.4, 0.5) is 0 Å². The van der Waals surface area contributed by atoms with E-state index < -0.39 is 0 Å². The first-order valence-electron chi connectivity index (χ1n) is 7.84. The van der Waals surface area contributed by atoms with Gasteiger partial charge in [-0.25, -0.2) is 0 Å². The van der Waals surface area contributed by atoms with Gasteiger partial charge in [-0.15, -0.1) is 0 Å². The predicted molar refractivity (Wildman–Crippen MR) is 76.1 cm³/mol. The Hall–Kier alpha value is -0.780. The van der Waals surface area contributed by atoms with Gasteiger partial charge in [0.15, 0.2) is 0 Å². The van der Waals surface area contributed by atoms with Gasteiger partial charge in [0.1, 0.15) is 0 Å². The molecule has 0 radical (unpaired) electrons. The van der Waals surface area contributed by atoms with Crippen molar-refractivity contribution in [2.45, 2.75) is 39.0 Å². The number of hydrogen-bond acceptors (Lipinski definition) is 0. The molecular weight excluding hydrogens is 216 g/mol.